The molecule has 1 fully saturated rings. The van der Waals surface area contributed by atoms with Crippen molar-refractivity contribution in [2.75, 3.05) is 31.1 Å². The van der Waals surface area contributed by atoms with Crippen LogP contribution in [0.2, 0.25) is 0 Å². The smallest absolute Gasteiger partial charge is 0.186 e. The number of hydrogen-bond acceptors (Lipinski definition) is 5. The molecule has 0 aliphatic carbocycles. The Balaban J connectivity index is 1.43. The van der Waals surface area contributed by atoms with E-state index in [2.05, 4.69) is 47.1 Å². The van der Waals surface area contributed by atoms with Gasteiger partial charge in [0.1, 0.15) is 0 Å². The fourth-order valence-corrected chi connectivity index (χ4v) is 4.68. The van der Waals surface area contributed by atoms with Gasteiger partial charge >= 0.3 is 0 Å². The molecule has 0 bridgehead atoms. The second-order valence-electron chi connectivity index (χ2n) is 7.06. The zero-order chi connectivity index (χ0) is 17.9. The summed E-state index contributed by atoms with van der Waals surface area (Å²) in [5.41, 5.74) is 4.67. The number of aryl methyl sites for hydroxylation is 1. The Morgan fingerprint density at radius 1 is 1.04 bits per heavy atom. The van der Waals surface area contributed by atoms with E-state index in [0.717, 1.165) is 55.4 Å². The first kappa shape index (κ1) is 17.5. The lowest BCUT2D eigenvalue weighted by molar-refractivity contribution is 0.278. The molecule has 3 aromatic rings. The summed E-state index contributed by atoms with van der Waals surface area (Å²) in [5, 5.41) is 10.5. The Hall–Kier alpha value is -1.95. The van der Waals surface area contributed by atoms with Gasteiger partial charge in [0, 0.05) is 32.7 Å². The van der Waals surface area contributed by atoms with Crippen LogP contribution in [-0.4, -0.2) is 41.2 Å². The Kier molecular flexibility index (Phi) is 5.20. The summed E-state index contributed by atoms with van der Waals surface area (Å²) in [6.07, 6.45) is 1.15. The van der Waals surface area contributed by atoms with E-state index in [0.29, 0.717) is 0 Å². The standard InChI is InChI=1S/C21H25N3OS/c1-16-6-7-19-20(12-16)26-21(22-19)24-9-3-8-23(10-11-24)14-17-4-2-5-18(13-17)15-25/h2,4-7,12-13,25H,3,8-11,14-15H2,1H3. The van der Waals surface area contributed by atoms with Crippen molar-refractivity contribution in [1.82, 2.24) is 9.88 Å². The maximum Gasteiger partial charge on any atom is 0.186 e. The highest BCUT2D eigenvalue weighted by atomic mass is 32.1. The van der Waals surface area contributed by atoms with Crippen LogP contribution in [-0.2, 0) is 13.2 Å². The number of fused-ring (bicyclic) bond motifs is 1. The van der Waals surface area contributed by atoms with Crippen LogP contribution in [0.4, 0.5) is 5.13 Å². The molecule has 0 radical (unpaired) electrons. The van der Waals surface area contributed by atoms with Crippen molar-refractivity contribution >= 4 is 26.7 Å². The van der Waals surface area contributed by atoms with Gasteiger partial charge in [-0.15, -0.1) is 0 Å². The quantitative estimate of drug-likeness (QED) is 0.761. The Morgan fingerprint density at radius 2 is 1.92 bits per heavy atom. The van der Waals surface area contributed by atoms with Crippen LogP contribution in [0, 0.1) is 6.92 Å². The van der Waals surface area contributed by atoms with Crippen molar-refractivity contribution < 1.29 is 5.11 Å². The average Bonchev–Trinajstić information content (AvgIpc) is 2.93. The molecule has 0 saturated carbocycles. The minimum Gasteiger partial charge on any atom is -0.392 e. The number of thiazole rings is 1. The lowest BCUT2D eigenvalue weighted by Crippen LogP contribution is -2.30. The van der Waals surface area contributed by atoms with Gasteiger partial charge in [-0.05, 0) is 42.2 Å². The van der Waals surface area contributed by atoms with Crippen molar-refractivity contribution in [1.29, 1.82) is 0 Å². The van der Waals surface area contributed by atoms with E-state index in [1.807, 2.05) is 12.1 Å². The molecule has 136 valence electrons. The van der Waals surface area contributed by atoms with Gasteiger partial charge in [-0.2, -0.15) is 0 Å². The van der Waals surface area contributed by atoms with E-state index in [9.17, 15) is 5.11 Å². The van der Waals surface area contributed by atoms with Gasteiger partial charge < -0.3 is 10.0 Å². The van der Waals surface area contributed by atoms with Gasteiger partial charge in [0.25, 0.3) is 0 Å². The largest absolute Gasteiger partial charge is 0.392 e. The Bertz CT molecular complexity index is 892. The molecular formula is C21H25N3OS. The number of aliphatic hydroxyl groups excluding tert-OH is 1. The Labute approximate surface area is 158 Å². The van der Waals surface area contributed by atoms with Crippen LogP contribution in [0.3, 0.4) is 0 Å². The molecule has 1 N–H and O–H groups in total. The second kappa shape index (κ2) is 7.74. The highest BCUT2D eigenvalue weighted by Gasteiger charge is 2.18. The van der Waals surface area contributed by atoms with Gasteiger partial charge in [-0.25, -0.2) is 4.98 Å². The first-order chi connectivity index (χ1) is 12.7. The van der Waals surface area contributed by atoms with E-state index in [-0.39, 0.29) is 6.61 Å². The molecule has 1 aliphatic rings. The monoisotopic (exact) mass is 367 g/mol. The lowest BCUT2D eigenvalue weighted by Gasteiger charge is -2.21. The first-order valence-electron chi connectivity index (χ1n) is 9.24. The van der Waals surface area contributed by atoms with Crippen molar-refractivity contribution in [2.24, 2.45) is 0 Å². The fourth-order valence-electron chi connectivity index (χ4n) is 3.56. The van der Waals surface area contributed by atoms with Crippen LogP contribution < -0.4 is 4.90 Å². The molecule has 1 aromatic heterocycles. The fraction of sp³-hybridized carbons (Fsp3) is 0.381. The number of aromatic nitrogens is 1. The van der Waals surface area contributed by atoms with Gasteiger partial charge in [0.15, 0.2) is 5.13 Å². The molecule has 1 saturated heterocycles. The first-order valence-corrected chi connectivity index (χ1v) is 10.1. The second-order valence-corrected chi connectivity index (χ2v) is 8.07. The highest BCUT2D eigenvalue weighted by Crippen LogP contribution is 2.30. The number of rotatable bonds is 4. The number of nitrogens with zero attached hydrogens (tertiary/aromatic N) is 3. The Morgan fingerprint density at radius 3 is 2.81 bits per heavy atom. The molecular weight excluding hydrogens is 342 g/mol. The minimum atomic E-state index is 0.110. The topological polar surface area (TPSA) is 39.6 Å². The van der Waals surface area contributed by atoms with Crippen LogP contribution >= 0.6 is 11.3 Å². The van der Waals surface area contributed by atoms with Gasteiger partial charge in [-0.3, -0.25) is 4.90 Å². The third kappa shape index (κ3) is 3.90. The molecule has 5 heteroatoms. The van der Waals surface area contributed by atoms with Crippen LogP contribution in [0.15, 0.2) is 42.5 Å². The van der Waals surface area contributed by atoms with Crippen molar-refractivity contribution in [3.05, 3.63) is 59.2 Å². The zero-order valence-electron chi connectivity index (χ0n) is 15.2. The van der Waals surface area contributed by atoms with E-state index < -0.39 is 0 Å². The molecule has 0 spiro atoms. The molecule has 4 rings (SSSR count). The molecule has 4 nitrogen and oxygen atoms in total. The maximum atomic E-state index is 9.32. The molecule has 0 amide bonds. The number of benzene rings is 2. The lowest BCUT2D eigenvalue weighted by atomic mass is 10.1. The van der Waals surface area contributed by atoms with E-state index in [1.54, 1.807) is 11.3 Å². The van der Waals surface area contributed by atoms with Crippen molar-refractivity contribution in [3.8, 4) is 0 Å². The molecule has 2 heterocycles. The van der Waals surface area contributed by atoms with Gasteiger partial charge in [0.05, 0.1) is 16.8 Å². The third-order valence-electron chi connectivity index (χ3n) is 4.97. The van der Waals surface area contributed by atoms with Crippen LogP contribution in [0.5, 0.6) is 0 Å². The van der Waals surface area contributed by atoms with Gasteiger partial charge in [-0.1, -0.05) is 41.7 Å². The summed E-state index contributed by atoms with van der Waals surface area (Å²) >= 11 is 1.81. The highest BCUT2D eigenvalue weighted by molar-refractivity contribution is 7.22. The molecule has 26 heavy (non-hydrogen) atoms. The van der Waals surface area contributed by atoms with E-state index in [4.69, 9.17) is 4.98 Å². The SMILES string of the molecule is Cc1ccc2nc(N3CCCN(Cc4cccc(CO)c4)CC3)sc2c1. The average molecular weight is 368 g/mol. The molecule has 1 aliphatic heterocycles. The number of hydrogen-bond donors (Lipinski definition) is 1. The summed E-state index contributed by atoms with van der Waals surface area (Å²) in [7, 11) is 0. The van der Waals surface area contributed by atoms with E-state index in [1.165, 1.54) is 15.8 Å². The minimum absolute atomic E-state index is 0.110. The zero-order valence-corrected chi connectivity index (χ0v) is 16.0. The maximum absolute atomic E-state index is 9.32. The number of anilines is 1. The van der Waals surface area contributed by atoms with Crippen molar-refractivity contribution in [3.63, 3.8) is 0 Å². The summed E-state index contributed by atoms with van der Waals surface area (Å²) in [5.74, 6) is 0. The van der Waals surface area contributed by atoms with Crippen LogP contribution in [0.1, 0.15) is 23.1 Å². The van der Waals surface area contributed by atoms with Gasteiger partial charge in [0.2, 0.25) is 0 Å². The number of aliphatic hydroxyl groups is 1. The summed E-state index contributed by atoms with van der Waals surface area (Å²) < 4.78 is 1.28. The molecule has 2 aromatic carbocycles. The van der Waals surface area contributed by atoms with Crippen molar-refractivity contribution in [2.45, 2.75) is 26.5 Å². The summed E-state index contributed by atoms with van der Waals surface area (Å²) in [6.45, 7) is 7.40. The van der Waals surface area contributed by atoms with Crippen LogP contribution in [0.25, 0.3) is 10.2 Å². The van der Waals surface area contributed by atoms with E-state index >= 15 is 0 Å². The molecule has 0 atom stereocenters. The summed E-state index contributed by atoms with van der Waals surface area (Å²) in [4.78, 5) is 9.79. The normalized spacial score (nSPS) is 16.2. The molecule has 0 unspecified atom stereocenters. The predicted molar refractivity (Wildman–Crippen MR) is 109 cm³/mol. The predicted octanol–water partition coefficient (Wildman–Crippen LogP) is 3.81. The summed E-state index contributed by atoms with van der Waals surface area (Å²) in [6, 6.07) is 14.8. The third-order valence-corrected chi connectivity index (χ3v) is 6.05.